The van der Waals surface area contributed by atoms with E-state index in [9.17, 15) is 0 Å². The maximum Gasteiger partial charge on any atom is 0.707 e. The van der Waals surface area contributed by atoms with Gasteiger partial charge in [-0.25, -0.2) is 0 Å². The minimum atomic E-state index is -1.80. The molecule has 0 saturated carbocycles. The van der Waals surface area contributed by atoms with Crippen LogP contribution in [-0.2, 0) is 0 Å². The van der Waals surface area contributed by atoms with E-state index in [-0.39, 0.29) is 6.23 Å². The van der Waals surface area contributed by atoms with Crippen molar-refractivity contribution in [3.05, 3.63) is 24.3 Å². The van der Waals surface area contributed by atoms with Gasteiger partial charge in [-0.2, -0.15) is 0 Å². The highest BCUT2D eigenvalue weighted by molar-refractivity contribution is 6.33. The summed E-state index contributed by atoms with van der Waals surface area (Å²) in [5, 5.41) is 17.2. The van der Waals surface area contributed by atoms with E-state index < -0.39 is 7.32 Å². The monoisotopic (exact) mass is 225 g/mol. The van der Waals surface area contributed by atoms with Crippen LogP contribution in [0.1, 0.15) is 6.92 Å². The van der Waals surface area contributed by atoms with E-state index in [1.165, 1.54) is 0 Å². The first-order valence-electron chi connectivity index (χ1n) is 4.95. The van der Waals surface area contributed by atoms with Crippen molar-refractivity contribution in [2.45, 2.75) is 13.2 Å². The third-order valence-electron chi connectivity index (χ3n) is 2.10. The van der Waals surface area contributed by atoms with Crippen molar-refractivity contribution in [1.82, 2.24) is 4.90 Å². The normalized spacial score (nSPS) is 12.4. The van der Waals surface area contributed by atoms with E-state index >= 15 is 0 Å². The molecule has 0 saturated heterocycles. The fourth-order valence-electron chi connectivity index (χ4n) is 1.02. The number of benzene rings is 1. The molecule has 6 heteroatoms. The fourth-order valence-corrected chi connectivity index (χ4v) is 1.02. The standard InChI is InChI=1S/C10H16BNO4/c1-8(12(2)3)15-9-4-6-10(7-5-9)16-11(13)14/h4-8,13-14H,1-3H3. The lowest BCUT2D eigenvalue weighted by Gasteiger charge is -2.21. The van der Waals surface area contributed by atoms with Crippen LogP contribution >= 0.6 is 0 Å². The molecule has 5 nitrogen and oxygen atoms in total. The van der Waals surface area contributed by atoms with Crippen LogP contribution in [0.3, 0.4) is 0 Å². The maximum absolute atomic E-state index is 8.59. The minimum Gasteiger partial charge on any atom is -0.512 e. The topological polar surface area (TPSA) is 62.2 Å². The summed E-state index contributed by atoms with van der Waals surface area (Å²) in [5.41, 5.74) is 0. The molecule has 16 heavy (non-hydrogen) atoms. The Morgan fingerprint density at radius 2 is 1.62 bits per heavy atom. The van der Waals surface area contributed by atoms with Crippen LogP contribution < -0.4 is 9.39 Å². The molecule has 0 aliphatic heterocycles. The number of hydrogen-bond acceptors (Lipinski definition) is 5. The molecule has 0 heterocycles. The summed E-state index contributed by atoms with van der Waals surface area (Å²) < 4.78 is 10.2. The molecule has 1 aromatic carbocycles. The van der Waals surface area contributed by atoms with E-state index in [1.807, 2.05) is 25.9 Å². The molecule has 0 amide bonds. The Bertz CT molecular complexity index is 315. The van der Waals surface area contributed by atoms with Crippen molar-refractivity contribution in [1.29, 1.82) is 0 Å². The Hall–Kier alpha value is -1.24. The molecular formula is C10H16BNO4. The molecule has 1 atom stereocenters. The zero-order chi connectivity index (χ0) is 12.1. The van der Waals surface area contributed by atoms with Crippen LogP contribution in [0, 0.1) is 0 Å². The summed E-state index contributed by atoms with van der Waals surface area (Å²) >= 11 is 0. The number of ether oxygens (including phenoxy) is 1. The van der Waals surface area contributed by atoms with Crippen LogP contribution in [0.5, 0.6) is 11.5 Å². The highest BCUT2D eigenvalue weighted by Crippen LogP contribution is 2.18. The molecule has 0 aliphatic carbocycles. The van der Waals surface area contributed by atoms with E-state index in [1.54, 1.807) is 24.3 Å². The van der Waals surface area contributed by atoms with Crippen molar-refractivity contribution in [3.63, 3.8) is 0 Å². The maximum atomic E-state index is 8.59. The largest absolute Gasteiger partial charge is 0.707 e. The Morgan fingerprint density at radius 3 is 2.06 bits per heavy atom. The Morgan fingerprint density at radius 1 is 1.12 bits per heavy atom. The van der Waals surface area contributed by atoms with E-state index in [0.717, 1.165) is 0 Å². The van der Waals surface area contributed by atoms with Crippen molar-refractivity contribution in [2.75, 3.05) is 14.1 Å². The number of nitrogens with zero attached hydrogens (tertiary/aromatic N) is 1. The zero-order valence-electron chi connectivity index (χ0n) is 9.62. The van der Waals surface area contributed by atoms with Gasteiger partial charge in [0.15, 0.2) is 0 Å². The Kier molecular flexibility index (Phi) is 4.60. The Balaban J connectivity index is 2.57. The first-order chi connectivity index (χ1) is 7.49. The first-order valence-corrected chi connectivity index (χ1v) is 4.95. The minimum absolute atomic E-state index is 0.0322. The van der Waals surface area contributed by atoms with Gasteiger partial charge in [0.05, 0.1) is 0 Å². The number of rotatable bonds is 5. The second kappa shape index (κ2) is 5.74. The second-order valence-corrected chi connectivity index (χ2v) is 3.60. The second-order valence-electron chi connectivity index (χ2n) is 3.60. The molecule has 1 rings (SSSR count). The van der Waals surface area contributed by atoms with Gasteiger partial charge >= 0.3 is 7.32 Å². The lowest BCUT2D eigenvalue weighted by molar-refractivity contribution is 0.0815. The van der Waals surface area contributed by atoms with Gasteiger partial charge in [-0.3, -0.25) is 4.90 Å². The van der Waals surface area contributed by atoms with Gasteiger partial charge in [0.25, 0.3) is 0 Å². The van der Waals surface area contributed by atoms with Crippen LogP contribution in [-0.4, -0.2) is 42.6 Å². The predicted molar refractivity (Wildman–Crippen MR) is 61.0 cm³/mol. The number of hydrogen-bond donors (Lipinski definition) is 2. The zero-order valence-corrected chi connectivity index (χ0v) is 9.62. The van der Waals surface area contributed by atoms with Crippen molar-refractivity contribution in [2.24, 2.45) is 0 Å². The molecule has 1 aromatic rings. The molecule has 0 bridgehead atoms. The molecule has 2 N–H and O–H groups in total. The highest BCUT2D eigenvalue weighted by Gasteiger charge is 2.11. The molecule has 0 aliphatic rings. The van der Waals surface area contributed by atoms with Gasteiger partial charge in [-0.15, -0.1) is 0 Å². The van der Waals surface area contributed by atoms with Gasteiger partial charge in [0.1, 0.15) is 17.7 Å². The Labute approximate surface area is 95.4 Å². The molecule has 0 spiro atoms. The average Bonchev–Trinajstić information content (AvgIpc) is 2.20. The quantitative estimate of drug-likeness (QED) is 0.558. The smallest absolute Gasteiger partial charge is 0.512 e. The summed E-state index contributed by atoms with van der Waals surface area (Å²) in [6, 6.07) is 6.63. The van der Waals surface area contributed by atoms with Crippen LogP contribution in [0.15, 0.2) is 24.3 Å². The summed E-state index contributed by atoms with van der Waals surface area (Å²) in [7, 11) is 2.04. The van der Waals surface area contributed by atoms with E-state index in [0.29, 0.717) is 11.5 Å². The third kappa shape index (κ3) is 4.10. The van der Waals surface area contributed by atoms with Crippen molar-refractivity contribution in [3.8, 4) is 11.5 Å². The SMILES string of the molecule is CC(Oc1ccc(OB(O)O)cc1)N(C)C. The van der Waals surface area contributed by atoms with E-state index in [4.69, 9.17) is 14.8 Å². The molecule has 1 unspecified atom stereocenters. The summed E-state index contributed by atoms with van der Waals surface area (Å²) in [5.74, 6) is 1.07. The third-order valence-corrected chi connectivity index (χ3v) is 2.10. The van der Waals surface area contributed by atoms with Crippen molar-refractivity contribution >= 4 is 7.32 Å². The van der Waals surface area contributed by atoms with Gasteiger partial charge < -0.3 is 19.4 Å². The van der Waals surface area contributed by atoms with Crippen LogP contribution in [0.25, 0.3) is 0 Å². The van der Waals surface area contributed by atoms with Gasteiger partial charge in [0, 0.05) is 0 Å². The van der Waals surface area contributed by atoms with Gasteiger partial charge in [-0.05, 0) is 45.3 Å². The fraction of sp³-hybridized carbons (Fsp3) is 0.400. The molecular weight excluding hydrogens is 209 g/mol. The molecule has 0 radical (unpaired) electrons. The van der Waals surface area contributed by atoms with Crippen molar-refractivity contribution < 1.29 is 19.4 Å². The van der Waals surface area contributed by atoms with E-state index in [2.05, 4.69) is 4.65 Å². The predicted octanol–water partition coefficient (Wildman–Crippen LogP) is 0.321. The first kappa shape index (κ1) is 12.8. The summed E-state index contributed by atoms with van der Waals surface area (Å²) in [6.07, 6.45) is -0.0322. The summed E-state index contributed by atoms with van der Waals surface area (Å²) in [4.78, 5) is 1.93. The summed E-state index contributed by atoms with van der Waals surface area (Å²) in [6.45, 7) is 1.93. The lowest BCUT2D eigenvalue weighted by atomic mass is 10.2. The molecule has 0 fully saturated rings. The van der Waals surface area contributed by atoms with Gasteiger partial charge in [0.2, 0.25) is 0 Å². The van der Waals surface area contributed by atoms with Crippen LogP contribution in [0.2, 0.25) is 0 Å². The molecule has 88 valence electrons. The average molecular weight is 225 g/mol. The van der Waals surface area contributed by atoms with Crippen LogP contribution in [0.4, 0.5) is 0 Å². The molecule has 0 aromatic heterocycles. The highest BCUT2D eigenvalue weighted by atomic mass is 16.6. The van der Waals surface area contributed by atoms with Gasteiger partial charge in [-0.1, -0.05) is 0 Å². The lowest BCUT2D eigenvalue weighted by Crippen LogP contribution is -2.30.